The maximum atomic E-state index is 11.9. The van der Waals surface area contributed by atoms with Crippen molar-refractivity contribution >= 4 is 11.8 Å². The molecule has 0 aromatic carbocycles. The van der Waals surface area contributed by atoms with Crippen LogP contribution in [-0.2, 0) is 9.59 Å². The van der Waals surface area contributed by atoms with Crippen LogP contribution in [0.1, 0.15) is 26.7 Å². The Hall–Kier alpha value is -1.10. The number of likely N-dealkylation sites (N-methyl/N-ethyl adjacent to an activating group) is 1. The fourth-order valence-corrected chi connectivity index (χ4v) is 1.96. The fraction of sp³-hybridized carbons (Fsp3) is 0.833. The average Bonchev–Trinajstić information content (AvgIpc) is 2.37. The SMILES string of the molecule is CCN(C)C(=O)C(C)NC(=O)[C@@H]1CCCNC1. The largest absolute Gasteiger partial charge is 0.344 e. The molecule has 0 aliphatic carbocycles. The van der Waals surface area contributed by atoms with E-state index in [1.807, 2.05) is 6.92 Å². The first-order valence-electron chi connectivity index (χ1n) is 6.32. The minimum atomic E-state index is -0.436. The van der Waals surface area contributed by atoms with Crippen molar-refractivity contribution in [2.24, 2.45) is 5.92 Å². The third-order valence-electron chi connectivity index (χ3n) is 3.25. The Morgan fingerprint density at radius 2 is 2.24 bits per heavy atom. The minimum absolute atomic E-state index is 0.00549. The van der Waals surface area contributed by atoms with Gasteiger partial charge in [-0.15, -0.1) is 0 Å². The summed E-state index contributed by atoms with van der Waals surface area (Å²) in [5, 5.41) is 5.99. The smallest absolute Gasteiger partial charge is 0.244 e. The van der Waals surface area contributed by atoms with Crippen LogP contribution >= 0.6 is 0 Å². The molecule has 1 saturated heterocycles. The molecule has 0 spiro atoms. The number of nitrogens with one attached hydrogen (secondary N) is 2. The van der Waals surface area contributed by atoms with Crippen LogP contribution < -0.4 is 10.6 Å². The van der Waals surface area contributed by atoms with Crippen LogP contribution in [0.15, 0.2) is 0 Å². The van der Waals surface area contributed by atoms with Gasteiger partial charge in [0.05, 0.1) is 5.92 Å². The van der Waals surface area contributed by atoms with E-state index in [0.29, 0.717) is 6.54 Å². The van der Waals surface area contributed by atoms with Crippen LogP contribution in [0.5, 0.6) is 0 Å². The van der Waals surface area contributed by atoms with Gasteiger partial charge in [0.25, 0.3) is 0 Å². The number of nitrogens with zero attached hydrogens (tertiary/aromatic N) is 1. The van der Waals surface area contributed by atoms with Crippen molar-refractivity contribution in [1.82, 2.24) is 15.5 Å². The van der Waals surface area contributed by atoms with Crippen LogP contribution in [0.25, 0.3) is 0 Å². The molecule has 0 bridgehead atoms. The number of carbonyl (C=O) groups excluding carboxylic acids is 2. The van der Waals surface area contributed by atoms with Gasteiger partial charge in [0.1, 0.15) is 6.04 Å². The summed E-state index contributed by atoms with van der Waals surface area (Å²) >= 11 is 0. The van der Waals surface area contributed by atoms with Gasteiger partial charge in [-0.25, -0.2) is 0 Å². The maximum absolute atomic E-state index is 11.9. The first kappa shape index (κ1) is 14.0. The standard InChI is InChI=1S/C12H23N3O2/c1-4-15(3)12(17)9(2)14-11(16)10-6-5-7-13-8-10/h9-10,13H,4-8H2,1-3H3,(H,14,16)/t9?,10-/m1/s1. The Balaban J connectivity index is 2.41. The van der Waals surface area contributed by atoms with Gasteiger partial charge in [0.2, 0.25) is 11.8 Å². The number of amides is 2. The van der Waals surface area contributed by atoms with Crippen LogP contribution in [0, 0.1) is 5.92 Å². The first-order valence-corrected chi connectivity index (χ1v) is 6.32. The Bertz CT molecular complexity index is 275. The van der Waals surface area contributed by atoms with Crippen molar-refractivity contribution in [3.05, 3.63) is 0 Å². The lowest BCUT2D eigenvalue weighted by Crippen LogP contribution is -2.49. The predicted octanol–water partition coefficient (Wildman–Crippen LogP) is -0.0310. The monoisotopic (exact) mass is 241 g/mol. The zero-order chi connectivity index (χ0) is 12.8. The van der Waals surface area contributed by atoms with Gasteiger partial charge in [-0.1, -0.05) is 0 Å². The molecule has 1 rings (SSSR count). The lowest BCUT2D eigenvalue weighted by molar-refractivity contribution is -0.136. The molecule has 0 aromatic heterocycles. The number of hydrogen-bond donors (Lipinski definition) is 2. The van der Waals surface area contributed by atoms with Crippen molar-refractivity contribution in [2.75, 3.05) is 26.7 Å². The molecule has 1 unspecified atom stereocenters. The van der Waals surface area contributed by atoms with E-state index in [1.54, 1.807) is 18.9 Å². The molecule has 1 fully saturated rings. The highest BCUT2D eigenvalue weighted by molar-refractivity contribution is 5.88. The zero-order valence-electron chi connectivity index (χ0n) is 11.0. The van der Waals surface area contributed by atoms with Crippen LogP contribution in [0.4, 0.5) is 0 Å². The molecule has 2 amide bonds. The third-order valence-corrected chi connectivity index (χ3v) is 3.25. The van der Waals surface area contributed by atoms with E-state index in [2.05, 4.69) is 10.6 Å². The minimum Gasteiger partial charge on any atom is -0.344 e. The van der Waals surface area contributed by atoms with Crippen molar-refractivity contribution < 1.29 is 9.59 Å². The van der Waals surface area contributed by atoms with Crippen LogP contribution in [0.3, 0.4) is 0 Å². The van der Waals surface area contributed by atoms with E-state index >= 15 is 0 Å². The lowest BCUT2D eigenvalue weighted by Gasteiger charge is -2.25. The average molecular weight is 241 g/mol. The van der Waals surface area contributed by atoms with Gasteiger partial charge < -0.3 is 15.5 Å². The lowest BCUT2D eigenvalue weighted by atomic mass is 9.98. The highest BCUT2D eigenvalue weighted by atomic mass is 16.2. The predicted molar refractivity (Wildman–Crippen MR) is 66.5 cm³/mol. The molecule has 0 aromatic rings. The van der Waals surface area contributed by atoms with Gasteiger partial charge in [-0.05, 0) is 33.2 Å². The summed E-state index contributed by atoms with van der Waals surface area (Å²) in [5.74, 6) is -0.0434. The number of hydrogen-bond acceptors (Lipinski definition) is 3. The molecular formula is C12H23N3O2. The second-order valence-corrected chi connectivity index (χ2v) is 4.63. The first-order chi connectivity index (χ1) is 8.06. The van der Waals surface area contributed by atoms with Crippen molar-refractivity contribution in [1.29, 1.82) is 0 Å². The summed E-state index contributed by atoms with van der Waals surface area (Å²) in [6, 6.07) is -0.436. The molecule has 1 heterocycles. The van der Waals surface area contributed by atoms with E-state index in [4.69, 9.17) is 0 Å². The van der Waals surface area contributed by atoms with Gasteiger partial charge in [-0.3, -0.25) is 9.59 Å². The molecule has 17 heavy (non-hydrogen) atoms. The molecule has 1 aliphatic heterocycles. The Kier molecular flexibility index (Phi) is 5.41. The summed E-state index contributed by atoms with van der Waals surface area (Å²) in [5.41, 5.74) is 0. The van der Waals surface area contributed by atoms with Crippen molar-refractivity contribution in [3.8, 4) is 0 Å². The van der Waals surface area contributed by atoms with E-state index in [0.717, 1.165) is 25.9 Å². The number of rotatable bonds is 4. The van der Waals surface area contributed by atoms with Crippen LogP contribution in [-0.4, -0.2) is 49.4 Å². The highest BCUT2D eigenvalue weighted by Crippen LogP contribution is 2.10. The van der Waals surface area contributed by atoms with Crippen LogP contribution in [0.2, 0.25) is 0 Å². The summed E-state index contributed by atoms with van der Waals surface area (Å²) in [6.07, 6.45) is 1.93. The second-order valence-electron chi connectivity index (χ2n) is 4.63. The van der Waals surface area contributed by atoms with Gasteiger partial charge in [-0.2, -0.15) is 0 Å². The summed E-state index contributed by atoms with van der Waals surface area (Å²) < 4.78 is 0. The fourth-order valence-electron chi connectivity index (χ4n) is 1.96. The Morgan fingerprint density at radius 3 is 2.76 bits per heavy atom. The molecule has 98 valence electrons. The number of carbonyl (C=O) groups is 2. The van der Waals surface area contributed by atoms with Gasteiger partial charge in [0.15, 0.2) is 0 Å². The molecule has 0 radical (unpaired) electrons. The molecule has 1 aliphatic rings. The Morgan fingerprint density at radius 1 is 1.53 bits per heavy atom. The maximum Gasteiger partial charge on any atom is 0.244 e. The number of piperidine rings is 1. The molecule has 5 heteroatoms. The summed E-state index contributed by atoms with van der Waals surface area (Å²) in [7, 11) is 1.74. The van der Waals surface area contributed by atoms with Gasteiger partial charge >= 0.3 is 0 Å². The van der Waals surface area contributed by atoms with E-state index in [-0.39, 0.29) is 17.7 Å². The summed E-state index contributed by atoms with van der Waals surface area (Å²) in [6.45, 7) is 6.01. The quantitative estimate of drug-likeness (QED) is 0.726. The molecule has 0 saturated carbocycles. The van der Waals surface area contributed by atoms with E-state index < -0.39 is 6.04 Å². The molecular weight excluding hydrogens is 218 g/mol. The van der Waals surface area contributed by atoms with Gasteiger partial charge in [0, 0.05) is 20.1 Å². The zero-order valence-corrected chi connectivity index (χ0v) is 11.0. The topological polar surface area (TPSA) is 61.4 Å². The van der Waals surface area contributed by atoms with E-state index in [9.17, 15) is 9.59 Å². The third kappa shape index (κ3) is 4.00. The molecule has 5 nitrogen and oxygen atoms in total. The van der Waals surface area contributed by atoms with E-state index in [1.165, 1.54) is 0 Å². The summed E-state index contributed by atoms with van der Waals surface area (Å²) in [4.78, 5) is 25.3. The highest BCUT2D eigenvalue weighted by Gasteiger charge is 2.25. The Labute approximate surface area is 103 Å². The molecule has 2 N–H and O–H groups in total. The van der Waals surface area contributed by atoms with Crippen molar-refractivity contribution in [2.45, 2.75) is 32.7 Å². The molecule has 2 atom stereocenters. The second kappa shape index (κ2) is 6.59. The van der Waals surface area contributed by atoms with Crippen molar-refractivity contribution in [3.63, 3.8) is 0 Å². The normalized spacial score (nSPS) is 21.7.